The van der Waals surface area contributed by atoms with Crippen molar-refractivity contribution in [1.82, 2.24) is 4.90 Å². The number of aryl methyl sites for hydroxylation is 1. The molecular formula is C10H12INO. The fourth-order valence-electron chi connectivity index (χ4n) is 1.04. The van der Waals surface area contributed by atoms with Crippen LogP contribution in [0.2, 0.25) is 0 Å². The number of nitrogens with zero attached hydrogens (tertiary/aromatic N) is 1. The average Bonchev–Trinajstić information content (AvgIpc) is 2.08. The van der Waals surface area contributed by atoms with Gasteiger partial charge in [-0.2, -0.15) is 0 Å². The third-order valence-corrected chi connectivity index (χ3v) is 3.02. The second kappa shape index (κ2) is 4.09. The number of halogens is 1. The SMILES string of the molecule is Cc1cc(C(=O)N(C)C)ccc1I. The van der Waals surface area contributed by atoms with Gasteiger partial charge in [-0.05, 0) is 53.3 Å². The van der Waals surface area contributed by atoms with Crippen molar-refractivity contribution < 1.29 is 4.79 Å². The molecule has 1 aromatic rings. The molecule has 0 aliphatic rings. The van der Waals surface area contributed by atoms with Crippen molar-refractivity contribution in [3.8, 4) is 0 Å². The Kier molecular flexibility index (Phi) is 3.30. The van der Waals surface area contributed by atoms with Crippen molar-refractivity contribution in [2.75, 3.05) is 14.1 Å². The maximum absolute atomic E-state index is 11.5. The molecule has 0 radical (unpaired) electrons. The molecule has 1 rings (SSSR count). The van der Waals surface area contributed by atoms with Crippen LogP contribution in [0.4, 0.5) is 0 Å². The van der Waals surface area contributed by atoms with E-state index in [1.165, 1.54) is 3.57 Å². The molecule has 13 heavy (non-hydrogen) atoms. The molecule has 0 spiro atoms. The molecule has 70 valence electrons. The number of carbonyl (C=O) groups is 1. The maximum Gasteiger partial charge on any atom is 0.253 e. The second-order valence-electron chi connectivity index (χ2n) is 3.16. The Hall–Kier alpha value is -0.580. The number of benzene rings is 1. The molecule has 0 heterocycles. The van der Waals surface area contributed by atoms with Crippen molar-refractivity contribution in [3.05, 3.63) is 32.9 Å². The van der Waals surface area contributed by atoms with E-state index in [0.29, 0.717) is 0 Å². The Morgan fingerprint density at radius 1 is 1.38 bits per heavy atom. The minimum atomic E-state index is 0.0551. The van der Waals surface area contributed by atoms with Crippen LogP contribution in [0.15, 0.2) is 18.2 Å². The van der Waals surface area contributed by atoms with E-state index in [9.17, 15) is 4.79 Å². The Bertz CT molecular complexity index is 334. The van der Waals surface area contributed by atoms with Crippen LogP contribution in [-0.2, 0) is 0 Å². The summed E-state index contributed by atoms with van der Waals surface area (Å²) in [5.74, 6) is 0.0551. The van der Waals surface area contributed by atoms with Gasteiger partial charge in [0.25, 0.3) is 5.91 Å². The zero-order chi connectivity index (χ0) is 10.0. The van der Waals surface area contributed by atoms with E-state index in [0.717, 1.165) is 11.1 Å². The first-order chi connectivity index (χ1) is 6.02. The van der Waals surface area contributed by atoms with Crippen LogP contribution < -0.4 is 0 Å². The molecule has 0 unspecified atom stereocenters. The largest absolute Gasteiger partial charge is 0.345 e. The van der Waals surface area contributed by atoms with Crippen molar-refractivity contribution in [1.29, 1.82) is 0 Å². The summed E-state index contributed by atoms with van der Waals surface area (Å²) in [4.78, 5) is 13.1. The van der Waals surface area contributed by atoms with Crippen LogP contribution in [0.1, 0.15) is 15.9 Å². The molecule has 0 aliphatic heterocycles. The molecule has 0 saturated carbocycles. The Labute approximate surface area is 92.1 Å². The number of rotatable bonds is 1. The van der Waals surface area contributed by atoms with E-state index < -0.39 is 0 Å². The van der Waals surface area contributed by atoms with Gasteiger partial charge in [0.2, 0.25) is 0 Å². The molecule has 2 nitrogen and oxygen atoms in total. The topological polar surface area (TPSA) is 20.3 Å². The monoisotopic (exact) mass is 289 g/mol. The minimum Gasteiger partial charge on any atom is -0.345 e. The van der Waals surface area contributed by atoms with Gasteiger partial charge in [-0.3, -0.25) is 4.79 Å². The molecule has 0 saturated heterocycles. The summed E-state index contributed by atoms with van der Waals surface area (Å²) in [7, 11) is 3.52. The van der Waals surface area contributed by atoms with Crippen molar-refractivity contribution in [3.63, 3.8) is 0 Å². The van der Waals surface area contributed by atoms with Crippen molar-refractivity contribution in [2.45, 2.75) is 6.92 Å². The van der Waals surface area contributed by atoms with Crippen molar-refractivity contribution in [2.24, 2.45) is 0 Å². The molecule has 0 atom stereocenters. The van der Waals surface area contributed by atoms with Crippen LogP contribution in [-0.4, -0.2) is 24.9 Å². The molecule has 0 fully saturated rings. The third-order valence-electron chi connectivity index (χ3n) is 1.81. The fourth-order valence-corrected chi connectivity index (χ4v) is 1.37. The predicted octanol–water partition coefficient (Wildman–Crippen LogP) is 2.30. The first-order valence-corrected chi connectivity index (χ1v) is 5.08. The van der Waals surface area contributed by atoms with Gasteiger partial charge in [-0.15, -0.1) is 0 Å². The molecular weight excluding hydrogens is 277 g/mol. The second-order valence-corrected chi connectivity index (χ2v) is 4.33. The maximum atomic E-state index is 11.5. The third kappa shape index (κ3) is 2.43. The van der Waals surface area contributed by atoms with Gasteiger partial charge in [-0.25, -0.2) is 0 Å². The van der Waals surface area contributed by atoms with Crippen LogP contribution in [0.5, 0.6) is 0 Å². The summed E-state index contributed by atoms with van der Waals surface area (Å²) in [6.45, 7) is 2.01. The van der Waals surface area contributed by atoms with Gasteiger partial charge in [0.1, 0.15) is 0 Å². The van der Waals surface area contributed by atoms with Gasteiger partial charge in [0, 0.05) is 23.2 Å². The summed E-state index contributed by atoms with van der Waals surface area (Å²) in [5, 5.41) is 0. The van der Waals surface area contributed by atoms with Gasteiger partial charge in [-0.1, -0.05) is 0 Å². The highest BCUT2D eigenvalue weighted by Crippen LogP contribution is 2.13. The summed E-state index contributed by atoms with van der Waals surface area (Å²) in [6, 6.07) is 5.74. The Morgan fingerprint density at radius 2 is 2.00 bits per heavy atom. The van der Waals surface area contributed by atoms with Gasteiger partial charge >= 0.3 is 0 Å². The van der Waals surface area contributed by atoms with Crippen LogP contribution >= 0.6 is 22.6 Å². The zero-order valence-electron chi connectivity index (χ0n) is 7.97. The van der Waals surface area contributed by atoms with Crippen LogP contribution in [0.3, 0.4) is 0 Å². The first-order valence-electron chi connectivity index (χ1n) is 4.00. The van der Waals surface area contributed by atoms with Gasteiger partial charge < -0.3 is 4.90 Å². The molecule has 0 bridgehead atoms. The quantitative estimate of drug-likeness (QED) is 0.726. The fraction of sp³-hybridized carbons (Fsp3) is 0.300. The highest BCUT2D eigenvalue weighted by atomic mass is 127. The lowest BCUT2D eigenvalue weighted by atomic mass is 10.1. The first kappa shape index (κ1) is 10.5. The molecule has 1 aromatic carbocycles. The summed E-state index contributed by atoms with van der Waals surface area (Å²) in [5.41, 5.74) is 1.90. The number of hydrogen-bond acceptors (Lipinski definition) is 1. The molecule has 3 heteroatoms. The zero-order valence-corrected chi connectivity index (χ0v) is 10.1. The summed E-state index contributed by atoms with van der Waals surface area (Å²) < 4.78 is 1.19. The highest BCUT2D eigenvalue weighted by Gasteiger charge is 2.07. The summed E-state index contributed by atoms with van der Waals surface area (Å²) >= 11 is 2.26. The lowest BCUT2D eigenvalue weighted by molar-refractivity contribution is 0.0827. The standard InChI is InChI=1S/C10H12INO/c1-7-6-8(4-5-9(7)11)10(13)12(2)3/h4-6H,1-3H3. The number of amides is 1. The van der Waals surface area contributed by atoms with E-state index in [1.807, 2.05) is 25.1 Å². The van der Waals surface area contributed by atoms with Crippen LogP contribution in [0, 0.1) is 10.5 Å². The Morgan fingerprint density at radius 3 is 2.46 bits per heavy atom. The van der Waals surface area contributed by atoms with E-state index in [2.05, 4.69) is 22.6 Å². The molecule has 0 N–H and O–H groups in total. The molecule has 0 aliphatic carbocycles. The van der Waals surface area contributed by atoms with Crippen molar-refractivity contribution >= 4 is 28.5 Å². The summed E-state index contributed by atoms with van der Waals surface area (Å²) in [6.07, 6.45) is 0. The highest BCUT2D eigenvalue weighted by molar-refractivity contribution is 14.1. The van der Waals surface area contributed by atoms with Gasteiger partial charge in [0.05, 0.1) is 0 Å². The molecule has 0 aromatic heterocycles. The lowest BCUT2D eigenvalue weighted by Gasteiger charge is -2.10. The van der Waals surface area contributed by atoms with Crippen LogP contribution in [0.25, 0.3) is 0 Å². The smallest absolute Gasteiger partial charge is 0.253 e. The van der Waals surface area contributed by atoms with E-state index in [-0.39, 0.29) is 5.91 Å². The van der Waals surface area contributed by atoms with E-state index >= 15 is 0 Å². The normalized spacial score (nSPS) is 9.85. The lowest BCUT2D eigenvalue weighted by Crippen LogP contribution is -2.21. The minimum absolute atomic E-state index is 0.0551. The number of carbonyl (C=O) groups excluding carboxylic acids is 1. The Balaban J connectivity index is 3.04. The number of hydrogen-bond donors (Lipinski definition) is 0. The average molecular weight is 289 g/mol. The molecule has 1 amide bonds. The van der Waals surface area contributed by atoms with E-state index in [4.69, 9.17) is 0 Å². The van der Waals surface area contributed by atoms with E-state index in [1.54, 1.807) is 19.0 Å². The van der Waals surface area contributed by atoms with Gasteiger partial charge in [0.15, 0.2) is 0 Å². The predicted molar refractivity (Wildman–Crippen MR) is 61.9 cm³/mol.